The van der Waals surface area contributed by atoms with Crippen molar-refractivity contribution < 1.29 is 102 Å². The number of benzene rings is 5. The van der Waals surface area contributed by atoms with Gasteiger partial charge in [-0.15, -0.1) is 18.3 Å². The Morgan fingerprint density at radius 3 is 1.22 bits per heavy atom. The van der Waals surface area contributed by atoms with E-state index in [9.17, 15) is 85.0 Å². The van der Waals surface area contributed by atoms with Gasteiger partial charge in [-0.3, -0.25) is 19.2 Å². The third kappa shape index (κ3) is 38.0. The number of nitrogen functional groups attached to an aromatic ring is 1. The van der Waals surface area contributed by atoms with E-state index in [4.69, 9.17) is 82.1 Å². The van der Waals surface area contributed by atoms with Gasteiger partial charge in [0.05, 0.1) is 75.0 Å². The van der Waals surface area contributed by atoms with Crippen LogP contribution in [-0.2, 0) is 67.1 Å². The average molecular weight is 1750 g/mol. The summed E-state index contributed by atoms with van der Waals surface area (Å²) in [5.74, 6) is 5.92. The summed E-state index contributed by atoms with van der Waals surface area (Å²) in [7, 11) is 0. The molecule has 5 aromatic carbocycles. The second-order valence-corrected chi connectivity index (χ2v) is 26.9. The Hall–Kier alpha value is -6.73. The molecule has 33 heteroatoms. The van der Waals surface area contributed by atoms with Crippen molar-refractivity contribution in [2.75, 3.05) is 21.7 Å². The van der Waals surface area contributed by atoms with E-state index in [1.165, 1.54) is 72.0 Å². The van der Waals surface area contributed by atoms with Crippen molar-refractivity contribution in [1.29, 1.82) is 5.26 Å². The minimum absolute atomic E-state index is 0. The van der Waals surface area contributed by atoms with E-state index < -0.39 is 90.9 Å². The zero-order chi connectivity index (χ0) is 77.6. The molecule has 6 aromatic rings. The Kier molecular flexibility index (Phi) is 50.4. The van der Waals surface area contributed by atoms with Gasteiger partial charge < -0.3 is 38.5 Å². The number of aromatic nitrogens is 1. The van der Waals surface area contributed by atoms with Crippen LogP contribution >= 0.6 is 80.6 Å². The molecule has 0 atom stereocenters. The molecule has 0 aliphatic carbocycles. The van der Waals surface area contributed by atoms with Gasteiger partial charge in [-0.2, -0.15) is 65.9 Å². The number of anilines is 4. The molecular formula is C71H85Cl5CuF15IN7O4. The van der Waals surface area contributed by atoms with E-state index in [0.717, 1.165) is 36.4 Å². The van der Waals surface area contributed by atoms with Crippen molar-refractivity contribution in [1.82, 2.24) is 4.98 Å². The van der Waals surface area contributed by atoms with Gasteiger partial charge >= 0.3 is 48.0 Å². The first-order chi connectivity index (χ1) is 44.1. The predicted molar refractivity (Wildman–Crippen MR) is 397 cm³/mol. The van der Waals surface area contributed by atoms with E-state index in [1.54, 1.807) is 96.9 Å². The first kappa shape index (κ1) is 113. The molecule has 6 rings (SSSR count). The smallest absolute Gasteiger partial charge is 0.512 e. The number of aromatic amines is 1. The maximum absolute atomic E-state index is 13.1. The first-order valence-electron chi connectivity index (χ1n) is 27.3. The normalized spacial score (nSPS) is 10.8. The molecular weight excluding hydrogens is 1670 g/mol. The fourth-order valence-electron chi connectivity index (χ4n) is 6.36. The van der Waals surface area contributed by atoms with Gasteiger partial charge in [0.15, 0.2) is 5.69 Å². The van der Waals surface area contributed by atoms with Crippen LogP contribution in [0.3, 0.4) is 0 Å². The molecule has 0 fully saturated rings. The molecule has 104 heavy (non-hydrogen) atoms. The van der Waals surface area contributed by atoms with Crippen LogP contribution < -0.4 is 21.7 Å². The van der Waals surface area contributed by atoms with Gasteiger partial charge in [0.25, 0.3) is 0 Å². The second kappa shape index (κ2) is 46.4. The number of halogens is 21. The number of carbonyl (C=O) groups is 4. The zero-order valence-corrected chi connectivity index (χ0v) is 61.8. The van der Waals surface area contributed by atoms with Crippen molar-refractivity contribution in [2.45, 2.75) is 172 Å². The third-order valence-corrected chi connectivity index (χ3v) is 14.3. The summed E-state index contributed by atoms with van der Waals surface area (Å²) in [5.41, 5.74) is -1.42. The van der Waals surface area contributed by atoms with Crippen molar-refractivity contribution in [3.05, 3.63) is 160 Å². The molecule has 0 bridgehead atoms. The number of hydrogen-bond acceptors (Lipinski definition) is 6. The maximum Gasteiger partial charge on any atom is 1.00 e. The van der Waals surface area contributed by atoms with Crippen LogP contribution in [0.1, 0.15) is 173 Å². The molecule has 6 N–H and O–H groups in total. The molecule has 1 aromatic heterocycles. The molecule has 0 unspecified atom stereocenters. The number of aryl methyl sites for hydroxylation is 1. The van der Waals surface area contributed by atoms with Crippen LogP contribution in [-0.4, -0.2) is 27.9 Å². The van der Waals surface area contributed by atoms with Gasteiger partial charge in [-0.25, -0.2) is 4.85 Å². The summed E-state index contributed by atoms with van der Waals surface area (Å²) in [5, 5.41) is 11.8. The van der Waals surface area contributed by atoms with E-state index in [0.29, 0.717) is 11.2 Å². The Bertz CT molecular complexity index is 3930. The van der Waals surface area contributed by atoms with E-state index >= 15 is 0 Å². The molecule has 3 amide bonds. The Labute approximate surface area is 649 Å². The van der Waals surface area contributed by atoms with Gasteiger partial charge in [0.2, 0.25) is 23.0 Å². The molecule has 0 radical (unpaired) electrons. The number of terminal acetylenes is 1. The molecule has 0 spiro atoms. The van der Waals surface area contributed by atoms with Crippen molar-refractivity contribution in [3.63, 3.8) is 0 Å². The van der Waals surface area contributed by atoms with Crippen LogP contribution in [0, 0.1) is 74.7 Å². The van der Waals surface area contributed by atoms with Gasteiger partial charge in [-0.1, -0.05) is 179 Å². The van der Waals surface area contributed by atoms with Crippen LogP contribution in [0.4, 0.5) is 94.3 Å². The quantitative estimate of drug-likeness (QED) is 0.0224. The van der Waals surface area contributed by atoms with Crippen LogP contribution in [0.25, 0.3) is 15.7 Å². The summed E-state index contributed by atoms with van der Waals surface area (Å²) in [6, 6.07) is 15.5. The van der Waals surface area contributed by atoms with Crippen LogP contribution in [0.5, 0.6) is 0 Å². The number of carbonyl (C=O) groups excluding carboxylic acids is 4. The topological polar surface area (TPSA) is 174 Å². The Balaban J connectivity index is -0.000000176. The van der Waals surface area contributed by atoms with Gasteiger partial charge in [0.1, 0.15) is 0 Å². The fourth-order valence-corrected chi connectivity index (χ4v) is 8.41. The number of H-pyrrole nitrogens is 1. The van der Waals surface area contributed by atoms with E-state index in [2.05, 4.69) is 50.0 Å². The summed E-state index contributed by atoms with van der Waals surface area (Å²) < 4.78 is 190. The molecule has 586 valence electrons. The van der Waals surface area contributed by atoms with Crippen molar-refractivity contribution in [2.24, 2.45) is 21.7 Å². The predicted octanol–water partition coefficient (Wildman–Crippen LogP) is 26.7. The zero-order valence-electron chi connectivity index (χ0n) is 54.9. The second-order valence-electron chi connectivity index (χ2n) is 23.8. The number of hydrogen-bond donors (Lipinski definition) is 5. The summed E-state index contributed by atoms with van der Waals surface area (Å²) in [4.78, 5) is 51.4. The maximum atomic E-state index is 13.1. The van der Waals surface area contributed by atoms with Gasteiger partial charge in [0, 0.05) is 49.6 Å². The van der Waals surface area contributed by atoms with Crippen molar-refractivity contribution in [3.8, 4) is 24.2 Å². The third-order valence-electron chi connectivity index (χ3n) is 11.3. The van der Waals surface area contributed by atoms with Gasteiger partial charge in [-0.05, 0) is 128 Å². The van der Waals surface area contributed by atoms with E-state index in [-0.39, 0.29) is 130 Å². The molecule has 11 nitrogen and oxygen atoms in total. The molecule has 0 saturated carbocycles. The van der Waals surface area contributed by atoms with E-state index in [1.807, 2.05) is 0 Å². The minimum Gasteiger partial charge on any atom is -0.512 e. The number of rotatable bonds is 3. The summed E-state index contributed by atoms with van der Waals surface area (Å²) >= 11 is 28.7. The number of nitrogens with one attached hydrogen (secondary N) is 4. The SMILES string of the molecule is C.C.C.C.C.C#CC.CC#Cc1c(NC(=O)C(C)(C)C)ccc(Cl)c1C(F)(F)F.CC(C)(C)C(=O)Cl.CC(C)(C)C(=O)Nc1ccc(Cl)c(C(F)(F)F)c1.CC(C)(C)C(=O)Nc1ccc(Cl)c(C(F)(F)F)c1I.Nc1ccc(Cl)c(C(F)(F)F)c1.[C-]#N.[C-]#[N+]c1ccc2[nH]c(C)cc2c1C(F)(F)F.[Cu+]. The fraction of sp³-hybridized carbons (Fsp3) is 0.408. The monoisotopic (exact) mass is 1750 g/mol. The first-order valence-corrected chi connectivity index (χ1v) is 30.3. The largest absolute Gasteiger partial charge is 1.00 e. The Morgan fingerprint density at radius 2 is 0.875 bits per heavy atom. The average Bonchev–Trinajstić information content (AvgIpc) is 1.46. The number of nitrogens with zero attached hydrogens (tertiary/aromatic N) is 2. The number of fused-ring (bicyclic) bond motifs is 1. The van der Waals surface area contributed by atoms with Crippen molar-refractivity contribution >= 4 is 143 Å². The number of alkyl halides is 15. The molecule has 0 aliphatic heterocycles. The summed E-state index contributed by atoms with van der Waals surface area (Å²) in [6.07, 6.45) is -18.1. The minimum atomic E-state index is -4.65. The number of nitrogens with two attached hydrogens (primary N) is 1. The molecule has 1 heterocycles. The Morgan fingerprint density at radius 1 is 0.529 bits per heavy atom. The summed E-state index contributed by atoms with van der Waals surface area (Å²) in [6.45, 7) is 36.6. The number of amides is 3. The molecule has 0 aliphatic rings. The van der Waals surface area contributed by atoms with Crippen LogP contribution in [0.15, 0.2) is 78.9 Å². The standard InChI is InChI=1S/C15H15ClF3NO.C12H12ClF3INO.C12H13ClF3NO.C11H7F3N2.C7H5ClF3N.C5H9ClO.C3H4.CN.5CH4.Cu/c1-5-6-9-11(20-13(21)14(2,3)4)8-7-10(16)12(9)15(17,18)19;1-11(2,3)10(19)18-7-5-4-6(13)8(9(7)17)12(14,15)16;1-11(2,3)10(18)17-7-4-5-9(13)8(6-7)12(14,15)16;1-6-5-7-8(16-6)3-4-9(15-2)10(7)11(12,13)14;8-6-2-1-4(12)3-5(6)7(9,10)11;1-5(2,3)4(6)7;1-3-2;1-2;;;;;;/h7-8H,1-4H3,(H,20,21);4-5H,1-3H3,(H,18,19);4-6H,1-3H3,(H,17,18);3-5,16H,1H3;1-3H,12H2;1-3H3;1H,2H3;;5*1H4;/q;;;;;;;-1;;;;;;+1. The molecule has 0 saturated heterocycles. The van der Waals surface area contributed by atoms with Crippen LogP contribution in [0.2, 0.25) is 20.1 Å².